The number of carboxylic acids is 2. The van der Waals surface area contributed by atoms with Gasteiger partial charge in [-0.1, -0.05) is 65.0 Å². The molecule has 0 unspecified atom stereocenters. The van der Waals surface area contributed by atoms with Crippen molar-refractivity contribution in [3.05, 3.63) is 48.1 Å². The standard InChI is InChI=1S/C40H55NO5/c1-24(2)27-16-21-40(35(45)46)23-22-38(6)29(34(27)40)12-13-31-37(5)19-17-28(36(3,4)30(37)18-20-39(31,38)7)25-8-10-26(11-9-25)41-32(42)14-15-33(43)44/h8-11,17,27,29-31,34H,1,12-16,18-23H2,2-7H3,(H,41,42)(H,43,44)(H,45,46)/t27-,29+,30-,31+,34+,37-,38+,39+,40-/m0/s1. The van der Waals surface area contributed by atoms with Crippen molar-refractivity contribution < 1.29 is 24.6 Å². The Kier molecular flexibility index (Phi) is 7.96. The minimum atomic E-state index is -0.974. The number of carbonyl (C=O) groups is 3. The maximum atomic E-state index is 13.0. The maximum Gasteiger partial charge on any atom is 0.309 e. The zero-order valence-electron chi connectivity index (χ0n) is 28.9. The lowest BCUT2D eigenvalue weighted by molar-refractivity contribution is -0.227. The van der Waals surface area contributed by atoms with Gasteiger partial charge in [0.25, 0.3) is 0 Å². The number of hydrogen-bond acceptors (Lipinski definition) is 3. The molecule has 6 heteroatoms. The lowest BCUT2D eigenvalue weighted by Crippen LogP contribution is -2.65. The highest BCUT2D eigenvalue weighted by molar-refractivity contribution is 5.92. The van der Waals surface area contributed by atoms with Crippen LogP contribution in [0.15, 0.2) is 42.5 Å². The molecule has 4 fully saturated rings. The molecule has 3 N–H and O–H groups in total. The van der Waals surface area contributed by atoms with E-state index in [1.807, 2.05) is 12.1 Å². The molecule has 0 saturated heterocycles. The van der Waals surface area contributed by atoms with Crippen molar-refractivity contribution in [1.29, 1.82) is 0 Å². The molecule has 0 spiro atoms. The van der Waals surface area contributed by atoms with Gasteiger partial charge in [0.05, 0.1) is 11.8 Å². The third-order valence-corrected chi connectivity index (χ3v) is 15.1. The van der Waals surface area contributed by atoms with Crippen molar-refractivity contribution in [1.82, 2.24) is 0 Å². The number of rotatable bonds is 7. The van der Waals surface area contributed by atoms with Gasteiger partial charge in [-0.05, 0) is 139 Å². The molecule has 0 aromatic heterocycles. The van der Waals surface area contributed by atoms with Crippen LogP contribution in [-0.2, 0) is 14.4 Å². The molecule has 0 aliphatic heterocycles. The molecule has 250 valence electrons. The molecule has 4 saturated carbocycles. The summed E-state index contributed by atoms with van der Waals surface area (Å²) < 4.78 is 0. The van der Waals surface area contributed by atoms with Gasteiger partial charge in [0.15, 0.2) is 0 Å². The van der Waals surface area contributed by atoms with Gasteiger partial charge in [0, 0.05) is 12.1 Å². The molecule has 5 aliphatic rings. The molecule has 6 nitrogen and oxygen atoms in total. The number of hydrogen-bond donors (Lipinski definition) is 3. The molecule has 5 aliphatic carbocycles. The summed E-state index contributed by atoms with van der Waals surface area (Å²) in [4.78, 5) is 36.0. The van der Waals surface area contributed by atoms with E-state index in [0.29, 0.717) is 29.4 Å². The van der Waals surface area contributed by atoms with Crippen LogP contribution < -0.4 is 5.32 Å². The third-order valence-electron chi connectivity index (χ3n) is 15.1. The molecule has 1 aromatic carbocycles. The molecule has 6 rings (SSSR count). The smallest absolute Gasteiger partial charge is 0.309 e. The summed E-state index contributed by atoms with van der Waals surface area (Å²) in [6.07, 6.45) is 11.6. The van der Waals surface area contributed by atoms with E-state index in [4.69, 9.17) is 5.11 Å². The van der Waals surface area contributed by atoms with Gasteiger partial charge in [-0.15, -0.1) is 0 Å². The number of aliphatic carboxylic acids is 2. The number of benzene rings is 1. The Bertz CT molecular complexity index is 1470. The highest BCUT2D eigenvalue weighted by atomic mass is 16.4. The average Bonchev–Trinajstić information content (AvgIpc) is 3.38. The van der Waals surface area contributed by atoms with E-state index >= 15 is 0 Å². The minimum absolute atomic E-state index is 0.0279. The predicted molar refractivity (Wildman–Crippen MR) is 182 cm³/mol. The number of fused-ring (bicyclic) bond motifs is 7. The first-order valence-corrected chi connectivity index (χ1v) is 17.7. The van der Waals surface area contributed by atoms with Gasteiger partial charge in [0.2, 0.25) is 5.91 Å². The van der Waals surface area contributed by atoms with E-state index in [1.54, 1.807) is 0 Å². The second-order valence-electron chi connectivity index (χ2n) is 17.2. The molecule has 0 bridgehead atoms. The summed E-state index contributed by atoms with van der Waals surface area (Å²) in [7, 11) is 0. The Morgan fingerprint density at radius 2 is 1.54 bits per heavy atom. The first-order chi connectivity index (χ1) is 21.5. The second-order valence-corrected chi connectivity index (χ2v) is 17.2. The van der Waals surface area contributed by atoms with Crippen LogP contribution in [0.4, 0.5) is 5.69 Å². The lowest BCUT2D eigenvalue weighted by atomic mass is 9.32. The van der Waals surface area contributed by atoms with E-state index in [9.17, 15) is 19.5 Å². The van der Waals surface area contributed by atoms with E-state index in [0.717, 1.165) is 38.5 Å². The van der Waals surface area contributed by atoms with Crippen LogP contribution in [0.2, 0.25) is 0 Å². The molecule has 0 radical (unpaired) electrons. The number of amides is 1. The zero-order valence-corrected chi connectivity index (χ0v) is 28.9. The number of nitrogens with one attached hydrogen (secondary N) is 1. The Morgan fingerprint density at radius 3 is 2.17 bits per heavy atom. The van der Waals surface area contributed by atoms with E-state index in [-0.39, 0.29) is 46.3 Å². The lowest BCUT2D eigenvalue weighted by Gasteiger charge is -2.72. The van der Waals surface area contributed by atoms with Crippen molar-refractivity contribution in [2.24, 2.45) is 56.7 Å². The summed E-state index contributed by atoms with van der Waals surface area (Å²) >= 11 is 0. The first kappa shape index (κ1) is 33.0. The van der Waals surface area contributed by atoms with E-state index in [1.165, 1.54) is 36.0 Å². The van der Waals surface area contributed by atoms with Gasteiger partial charge in [-0.2, -0.15) is 0 Å². The zero-order chi connectivity index (χ0) is 33.4. The van der Waals surface area contributed by atoms with E-state index in [2.05, 4.69) is 71.6 Å². The third kappa shape index (κ3) is 4.66. The molecular weight excluding hydrogens is 574 g/mol. The van der Waals surface area contributed by atoms with Gasteiger partial charge >= 0.3 is 11.9 Å². The molecular formula is C40H55NO5. The van der Waals surface area contributed by atoms with Gasteiger partial charge in [-0.25, -0.2) is 0 Å². The summed E-state index contributed by atoms with van der Waals surface area (Å²) in [5.74, 6) is 0.234. The van der Waals surface area contributed by atoms with E-state index < -0.39 is 17.4 Å². The van der Waals surface area contributed by atoms with Crippen molar-refractivity contribution in [2.45, 2.75) is 112 Å². The van der Waals surface area contributed by atoms with Crippen LogP contribution in [0.1, 0.15) is 118 Å². The topological polar surface area (TPSA) is 104 Å². The normalized spacial score (nSPS) is 40.7. The predicted octanol–water partition coefficient (Wildman–Crippen LogP) is 9.23. The van der Waals surface area contributed by atoms with Crippen molar-refractivity contribution in [3.8, 4) is 0 Å². The maximum absolute atomic E-state index is 13.0. The van der Waals surface area contributed by atoms with Crippen LogP contribution in [0.25, 0.3) is 5.57 Å². The fourth-order valence-electron chi connectivity index (χ4n) is 12.8. The Balaban J connectivity index is 1.28. The number of anilines is 1. The molecule has 1 aromatic rings. The van der Waals surface area contributed by atoms with Gasteiger partial charge < -0.3 is 15.5 Å². The Morgan fingerprint density at radius 1 is 0.848 bits per heavy atom. The summed E-state index contributed by atoms with van der Waals surface area (Å²) in [6, 6.07) is 8.05. The molecule has 9 atom stereocenters. The average molecular weight is 630 g/mol. The first-order valence-electron chi connectivity index (χ1n) is 17.7. The fourth-order valence-corrected chi connectivity index (χ4v) is 12.8. The second kappa shape index (κ2) is 11.1. The highest BCUT2D eigenvalue weighted by Gasteiger charge is 2.71. The minimum Gasteiger partial charge on any atom is -0.481 e. The van der Waals surface area contributed by atoms with Crippen LogP contribution in [0, 0.1) is 56.7 Å². The van der Waals surface area contributed by atoms with Crippen LogP contribution in [-0.4, -0.2) is 28.1 Å². The largest absolute Gasteiger partial charge is 0.481 e. The van der Waals surface area contributed by atoms with Gasteiger partial charge in [-0.3, -0.25) is 14.4 Å². The van der Waals surface area contributed by atoms with Crippen molar-refractivity contribution in [3.63, 3.8) is 0 Å². The van der Waals surface area contributed by atoms with Crippen LogP contribution in [0.5, 0.6) is 0 Å². The SMILES string of the molecule is C=C(C)[C@@H]1CC[C@]2(C(=O)O)CC[C@]3(C)[C@H](CC[C@@H]4[C@@]5(C)CC=C(c6ccc(NC(=O)CCC(=O)O)cc6)C(C)(C)[C@@H]5CC[C@]43C)[C@@H]12. The highest BCUT2D eigenvalue weighted by Crippen LogP contribution is 2.77. The quantitative estimate of drug-likeness (QED) is 0.261. The summed E-state index contributed by atoms with van der Waals surface area (Å²) in [6.45, 7) is 19.1. The number of allylic oxidation sites excluding steroid dienone is 3. The molecule has 46 heavy (non-hydrogen) atoms. The van der Waals surface area contributed by atoms with Gasteiger partial charge in [0.1, 0.15) is 0 Å². The summed E-state index contributed by atoms with van der Waals surface area (Å²) in [5, 5.41) is 22.4. The molecule has 0 heterocycles. The number of carboxylic acid groups (broad SMARTS) is 2. The number of carbonyl (C=O) groups excluding carboxylic acids is 1. The van der Waals surface area contributed by atoms with Crippen molar-refractivity contribution in [2.75, 3.05) is 5.32 Å². The Hall–Kier alpha value is -2.89. The van der Waals surface area contributed by atoms with Crippen molar-refractivity contribution >= 4 is 29.1 Å². The monoisotopic (exact) mass is 629 g/mol. The van der Waals surface area contributed by atoms with Crippen LogP contribution in [0.3, 0.4) is 0 Å². The Labute approximate surface area is 275 Å². The van der Waals surface area contributed by atoms with Crippen LogP contribution >= 0.6 is 0 Å². The fraction of sp³-hybridized carbons (Fsp3) is 0.675. The summed E-state index contributed by atoms with van der Waals surface area (Å²) in [5.41, 5.74) is 4.26. The molecule has 1 amide bonds.